The topological polar surface area (TPSA) is 78.7 Å². The van der Waals surface area contributed by atoms with Crippen LogP contribution >= 0.6 is 0 Å². The summed E-state index contributed by atoms with van der Waals surface area (Å²) in [5.41, 5.74) is 2.63. The van der Waals surface area contributed by atoms with Gasteiger partial charge in [0, 0.05) is 25.2 Å². The number of rotatable bonds is 8. The minimum absolute atomic E-state index is 0.0173. The highest BCUT2D eigenvalue weighted by atomic mass is 16.6. The molecule has 1 amide bonds. The first-order valence-electron chi connectivity index (χ1n) is 10.4. The molecule has 1 heterocycles. The number of piperidine rings is 1. The molecule has 0 unspecified atom stereocenters. The van der Waals surface area contributed by atoms with Gasteiger partial charge in [0.1, 0.15) is 0 Å². The molecular weight excluding hydrogens is 380 g/mol. The van der Waals surface area contributed by atoms with Crippen molar-refractivity contribution >= 4 is 17.3 Å². The van der Waals surface area contributed by atoms with E-state index in [9.17, 15) is 14.9 Å². The molecule has 30 heavy (non-hydrogen) atoms. The third-order valence-corrected chi connectivity index (χ3v) is 5.65. The van der Waals surface area contributed by atoms with Crippen LogP contribution in [0.4, 0.5) is 11.4 Å². The van der Waals surface area contributed by atoms with Gasteiger partial charge in [0.25, 0.3) is 5.69 Å². The molecule has 7 heteroatoms. The lowest BCUT2D eigenvalue weighted by Crippen LogP contribution is -2.41. The van der Waals surface area contributed by atoms with Crippen molar-refractivity contribution in [3.05, 3.63) is 69.8 Å². The molecule has 0 saturated carbocycles. The zero-order chi connectivity index (χ0) is 21.5. The van der Waals surface area contributed by atoms with Crippen LogP contribution < -0.4 is 5.32 Å². The lowest BCUT2D eigenvalue weighted by atomic mass is 9.96. The molecule has 0 radical (unpaired) electrons. The highest BCUT2D eigenvalue weighted by Gasteiger charge is 2.22. The average molecular weight is 411 g/mol. The second-order valence-corrected chi connectivity index (χ2v) is 8.21. The van der Waals surface area contributed by atoms with E-state index < -0.39 is 4.92 Å². The first kappa shape index (κ1) is 21.9. The SMILES string of the molecule is Cc1ccc([N+](=O)[O-])cc1NC(=O)CN1CCC(CN(C)Cc2ccccc2)CC1. The molecular formula is C23H30N4O3. The van der Waals surface area contributed by atoms with Crippen LogP contribution in [-0.4, -0.2) is 53.9 Å². The number of hydrogen-bond acceptors (Lipinski definition) is 5. The largest absolute Gasteiger partial charge is 0.324 e. The number of carbonyl (C=O) groups excluding carboxylic acids is 1. The first-order valence-corrected chi connectivity index (χ1v) is 10.4. The lowest BCUT2D eigenvalue weighted by Gasteiger charge is -2.33. The van der Waals surface area contributed by atoms with Gasteiger partial charge in [-0.05, 0) is 56.9 Å². The number of non-ortho nitro benzene ring substituents is 1. The van der Waals surface area contributed by atoms with Crippen LogP contribution in [0.3, 0.4) is 0 Å². The zero-order valence-corrected chi connectivity index (χ0v) is 17.7. The number of nitrogens with zero attached hydrogens (tertiary/aromatic N) is 3. The average Bonchev–Trinajstić information content (AvgIpc) is 2.71. The third kappa shape index (κ3) is 6.37. The van der Waals surface area contributed by atoms with Crippen LogP contribution in [0.5, 0.6) is 0 Å². The maximum Gasteiger partial charge on any atom is 0.271 e. The summed E-state index contributed by atoms with van der Waals surface area (Å²) in [6, 6.07) is 15.0. The second kappa shape index (κ2) is 10.3. The van der Waals surface area contributed by atoms with Crippen LogP contribution in [-0.2, 0) is 11.3 Å². The van der Waals surface area contributed by atoms with E-state index in [4.69, 9.17) is 0 Å². The summed E-state index contributed by atoms with van der Waals surface area (Å²) in [6.07, 6.45) is 2.14. The molecule has 1 N–H and O–H groups in total. The Hall–Kier alpha value is -2.77. The van der Waals surface area contributed by atoms with Gasteiger partial charge in [0.05, 0.1) is 17.2 Å². The van der Waals surface area contributed by atoms with E-state index in [1.54, 1.807) is 6.07 Å². The van der Waals surface area contributed by atoms with Crippen molar-refractivity contribution in [3.63, 3.8) is 0 Å². The molecule has 0 spiro atoms. The normalized spacial score (nSPS) is 15.3. The standard InChI is InChI=1S/C23H30N4O3/c1-18-8-9-21(27(29)30)14-22(18)24-23(28)17-26-12-10-20(11-13-26)16-25(2)15-19-6-4-3-5-7-19/h3-9,14,20H,10-13,15-17H2,1-2H3,(H,24,28). The molecule has 1 fully saturated rings. The van der Waals surface area contributed by atoms with Crippen molar-refractivity contribution in [2.24, 2.45) is 5.92 Å². The fourth-order valence-corrected chi connectivity index (χ4v) is 3.98. The number of carbonyl (C=O) groups is 1. The Morgan fingerprint density at radius 2 is 1.90 bits per heavy atom. The van der Waals surface area contributed by atoms with Gasteiger partial charge in [-0.15, -0.1) is 0 Å². The van der Waals surface area contributed by atoms with Crippen molar-refractivity contribution in [1.82, 2.24) is 9.80 Å². The van der Waals surface area contributed by atoms with Gasteiger partial charge >= 0.3 is 0 Å². The first-order chi connectivity index (χ1) is 14.4. The summed E-state index contributed by atoms with van der Waals surface area (Å²) in [7, 11) is 2.16. The number of amides is 1. The van der Waals surface area contributed by atoms with Crippen molar-refractivity contribution in [3.8, 4) is 0 Å². The number of nitro groups is 1. The van der Waals surface area contributed by atoms with E-state index in [-0.39, 0.29) is 11.6 Å². The summed E-state index contributed by atoms with van der Waals surface area (Å²) in [5, 5.41) is 13.8. The fourth-order valence-electron chi connectivity index (χ4n) is 3.98. The van der Waals surface area contributed by atoms with Crippen molar-refractivity contribution in [1.29, 1.82) is 0 Å². The number of nitro benzene ring substituents is 1. The van der Waals surface area contributed by atoms with Gasteiger partial charge in [-0.2, -0.15) is 0 Å². The van der Waals surface area contributed by atoms with Crippen LogP contribution in [0.25, 0.3) is 0 Å². The van der Waals surface area contributed by atoms with Crippen LogP contribution in [0, 0.1) is 23.0 Å². The number of hydrogen-bond donors (Lipinski definition) is 1. The van der Waals surface area contributed by atoms with Crippen molar-refractivity contribution in [2.75, 3.05) is 38.5 Å². The van der Waals surface area contributed by atoms with Crippen LogP contribution in [0.2, 0.25) is 0 Å². The Labute approximate surface area is 177 Å². The predicted molar refractivity (Wildman–Crippen MR) is 118 cm³/mol. The molecule has 0 aliphatic carbocycles. The highest BCUT2D eigenvalue weighted by Crippen LogP contribution is 2.22. The number of nitrogens with one attached hydrogen (secondary N) is 1. The van der Waals surface area contributed by atoms with Crippen LogP contribution in [0.15, 0.2) is 48.5 Å². The van der Waals surface area contributed by atoms with Gasteiger partial charge < -0.3 is 10.2 Å². The van der Waals surface area contributed by atoms with E-state index in [1.807, 2.05) is 13.0 Å². The Bertz CT molecular complexity index is 864. The quantitative estimate of drug-likeness (QED) is 0.530. The summed E-state index contributed by atoms with van der Waals surface area (Å²) >= 11 is 0. The fraction of sp³-hybridized carbons (Fsp3) is 0.435. The molecule has 0 atom stereocenters. The number of benzene rings is 2. The van der Waals surface area contributed by atoms with Gasteiger partial charge in [0.15, 0.2) is 0 Å². The molecule has 7 nitrogen and oxygen atoms in total. The maximum absolute atomic E-state index is 12.4. The van der Waals surface area contributed by atoms with Gasteiger partial charge in [-0.1, -0.05) is 36.4 Å². The van der Waals surface area contributed by atoms with Gasteiger partial charge in [0.2, 0.25) is 5.91 Å². The van der Waals surface area contributed by atoms with E-state index >= 15 is 0 Å². The molecule has 2 aromatic rings. The molecule has 0 aromatic heterocycles. The van der Waals surface area contributed by atoms with Gasteiger partial charge in [-0.25, -0.2) is 0 Å². The molecule has 2 aromatic carbocycles. The van der Waals surface area contributed by atoms with Gasteiger partial charge in [-0.3, -0.25) is 19.8 Å². The second-order valence-electron chi connectivity index (χ2n) is 8.21. The van der Waals surface area contributed by atoms with Crippen molar-refractivity contribution in [2.45, 2.75) is 26.3 Å². The summed E-state index contributed by atoms with van der Waals surface area (Å²) in [5.74, 6) is 0.510. The molecule has 1 aliphatic heterocycles. The highest BCUT2D eigenvalue weighted by molar-refractivity contribution is 5.93. The Morgan fingerprint density at radius 3 is 2.57 bits per heavy atom. The lowest BCUT2D eigenvalue weighted by molar-refractivity contribution is -0.384. The molecule has 1 saturated heterocycles. The van der Waals surface area contributed by atoms with E-state index in [2.05, 4.69) is 46.4 Å². The minimum atomic E-state index is -0.450. The Kier molecular flexibility index (Phi) is 7.54. The number of anilines is 1. The molecule has 1 aliphatic rings. The molecule has 0 bridgehead atoms. The Morgan fingerprint density at radius 1 is 1.20 bits per heavy atom. The van der Waals surface area contributed by atoms with E-state index in [0.29, 0.717) is 18.2 Å². The maximum atomic E-state index is 12.4. The number of aryl methyl sites for hydroxylation is 1. The number of likely N-dealkylation sites (tertiary alicyclic amines) is 1. The summed E-state index contributed by atoms with van der Waals surface area (Å²) < 4.78 is 0. The molecule has 160 valence electrons. The Balaban J connectivity index is 1.42. The van der Waals surface area contributed by atoms with E-state index in [0.717, 1.165) is 44.6 Å². The van der Waals surface area contributed by atoms with E-state index in [1.165, 1.54) is 17.7 Å². The third-order valence-electron chi connectivity index (χ3n) is 5.65. The monoisotopic (exact) mass is 410 g/mol. The van der Waals surface area contributed by atoms with Crippen molar-refractivity contribution < 1.29 is 9.72 Å². The van der Waals surface area contributed by atoms with Crippen LogP contribution in [0.1, 0.15) is 24.0 Å². The minimum Gasteiger partial charge on any atom is -0.324 e. The summed E-state index contributed by atoms with van der Waals surface area (Å²) in [4.78, 5) is 27.5. The molecule has 3 rings (SSSR count). The smallest absolute Gasteiger partial charge is 0.271 e. The zero-order valence-electron chi connectivity index (χ0n) is 17.7. The summed E-state index contributed by atoms with van der Waals surface area (Å²) in [6.45, 7) is 5.94. The predicted octanol–water partition coefficient (Wildman–Crippen LogP) is 3.69.